The summed E-state index contributed by atoms with van der Waals surface area (Å²) in [7, 11) is -4.06. The molecule has 2 aromatic rings. The van der Waals surface area contributed by atoms with E-state index in [1.807, 2.05) is 0 Å². The maximum Gasteiger partial charge on any atom is 0.284 e. The number of nitrogens with zero attached hydrogens (tertiary/aromatic N) is 2. The molecule has 11 heteroatoms. The van der Waals surface area contributed by atoms with Gasteiger partial charge < -0.3 is 0 Å². The number of rotatable bonds is 2. The van der Waals surface area contributed by atoms with E-state index in [9.17, 15) is 28.6 Å². The van der Waals surface area contributed by atoms with Gasteiger partial charge in [-0.05, 0) is 44.0 Å². The Hall–Kier alpha value is -1.85. The Morgan fingerprint density at radius 3 is 1.43 bits per heavy atom. The summed E-state index contributed by atoms with van der Waals surface area (Å²) in [5.74, 6) is 0. The minimum atomic E-state index is -4.06. The van der Waals surface area contributed by atoms with Gasteiger partial charge in [0.15, 0.2) is 0 Å². The highest BCUT2D eigenvalue weighted by atomic mass is 79.9. The SMILES string of the molecule is O=[N+]([O-])c1cc2c(cc1Br)-c1cc(Br)c([N+](=O)[O-])cc1S2(=O)=O. The summed E-state index contributed by atoms with van der Waals surface area (Å²) in [5.41, 5.74) is -0.275. The number of hydrogen-bond donors (Lipinski definition) is 0. The van der Waals surface area contributed by atoms with Gasteiger partial charge in [0.1, 0.15) is 0 Å². The van der Waals surface area contributed by atoms with Crippen molar-refractivity contribution in [2.75, 3.05) is 0 Å². The smallest absolute Gasteiger partial charge is 0.258 e. The Morgan fingerprint density at radius 1 is 0.783 bits per heavy atom. The zero-order valence-electron chi connectivity index (χ0n) is 10.8. The van der Waals surface area contributed by atoms with Crippen LogP contribution in [0.15, 0.2) is 43.0 Å². The third-order valence-corrected chi connectivity index (χ3v) is 6.46. The number of benzene rings is 2. The fourth-order valence-corrected chi connectivity index (χ4v) is 5.01. The monoisotopic (exact) mass is 462 g/mol. The van der Waals surface area contributed by atoms with Crippen molar-refractivity contribution in [1.82, 2.24) is 0 Å². The van der Waals surface area contributed by atoms with Gasteiger partial charge in [-0.15, -0.1) is 0 Å². The van der Waals surface area contributed by atoms with E-state index in [0.717, 1.165) is 12.1 Å². The van der Waals surface area contributed by atoms with Crippen molar-refractivity contribution < 1.29 is 18.3 Å². The van der Waals surface area contributed by atoms with Crippen molar-refractivity contribution in [2.24, 2.45) is 0 Å². The molecule has 0 unspecified atom stereocenters. The van der Waals surface area contributed by atoms with Crippen LogP contribution in [0, 0.1) is 20.2 Å². The van der Waals surface area contributed by atoms with E-state index in [1.54, 1.807) is 0 Å². The third-order valence-electron chi connectivity index (χ3n) is 3.36. The van der Waals surface area contributed by atoms with Crippen molar-refractivity contribution in [3.8, 4) is 11.1 Å². The Balaban J connectivity index is 2.40. The van der Waals surface area contributed by atoms with Gasteiger partial charge in [-0.25, -0.2) is 8.42 Å². The molecule has 3 rings (SSSR count). The number of hydrogen-bond acceptors (Lipinski definition) is 6. The molecule has 2 aromatic carbocycles. The fraction of sp³-hybridized carbons (Fsp3) is 0. The summed E-state index contributed by atoms with van der Waals surface area (Å²) in [4.78, 5) is 20.1. The number of sulfone groups is 1. The highest BCUT2D eigenvalue weighted by molar-refractivity contribution is 9.11. The number of halogens is 2. The van der Waals surface area contributed by atoms with Crippen LogP contribution < -0.4 is 0 Å². The van der Waals surface area contributed by atoms with Gasteiger partial charge in [-0.2, -0.15) is 0 Å². The van der Waals surface area contributed by atoms with Crippen LogP contribution >= 0.6 is 31.9 Å². The van der Waals surface area contributed by atoms with Crippen LogP contribution in [0.1, 0.15) is 0 Å². The molecule has 23 heavy (non-hydrogen) atoms. The van der Waals surface area contributed by atoms with E-state index < -0.39 is 31.1 Å². The molecule has 0 N–H and O–H groups in total. The van der Waals surface area contributed by atoms with Crippen molar-refractivity contribution >= 4 is 53.1 Å². The van der Waals surface area contributed by atoms with Crippen LogP contribution in [0.5, 0.6) is 0 Å². The first kappa shape index (κ1) is 16.0. The Labute approximate surface area is 145 Å². The molecule has 0 saturated heterocycles. The van der Waals surface area contributed by atoms with Crippen LogP contribution in [0.25, 0.3) is 11.1 Å². The lowest BCUT2D eigenvalue weighted by atomic mass is 10.1. The number of nitro benzene ring substituents is 2. The zero-order valence-corrected chi connectivity index (χ0v) is 14.8. The zero-order chi connectivity index (χ0) is 17.1. The lowest BCUT2D eigenvalue weighted by molar-refractivity contribution is -0.386. The topological polar surface area (TPSA) is 120 Å². The molecule has 0 aliphatic carbocycles. The molecular weight excluding hydrogens is 460 g/mol. The van der Waals surface area contributed by atoms with Gasteiger partial charge in [-0.3, -0.25) is 20.2 Å². The Bertz CT molecular complexity index is 943. The van der Waals surface area contributed by atoms with Crippen LogP contribution in [0.3, 0.4) is 0 Å². The van der Waals surface area contributed by atoms with E-state index in [0.29, 0.717) is 0 Å². The molecule has 0 fully saturated rings. The average Bonchev–Trinajstić information content (AvgIpc) is 2.64. The highest BCUT2D eigenvalue weighted by Crippen LogP contribution is 2.49. The van der Waals surface area contributed by atoms with Crippen LogP contribution in [0.4, 0.5) is 11.4 Å². The van der Waals surface area contributed by atoms with E-state index in [4.69, 9.17) is 0 Å². The predicted octanol–water partition coefficient (Wildman–Crippen LogP) is 3.84. The maximum atomic E-state index is 12.6. The lowest BCUT2D eigenvalue weighted by Gasteiger charge is -2.02. The summed E-state index contributed by atoms with van der Waals surface area (Å²) in [6.07, 6.45) is 0. The second-order valence-electron chi connectivity index (χ2n) is 4.62. The molecule has 0 bridgehead atoms. The largest absolute Gasteiger partial charge is 0.284 e. The van der Waals surface area contributed by atoms with Gasteiger partial charge in [0.05, 0.1) is 28.6 Å². The van der Waals surface area contributed by atoms with Crippen LogP contribution in [-0.2, 0) is 9.84 Å². The van der Waals surface area contributed by atoms with Crippen molar-refractivity contribution in [3.63, 3.8) is 0 Å². The van der Waals surface area contributed by atoms with E-state index in [-0.39, 0.29) is 29.9 Å². The molecule has 1 aliphatic rings. The van der Waals surface area contributed by atoms with Gasteiger partial charge in [-0.1, -0.05) is 0 Å². The number of fused-ring (bicyclic) bond motifs is 3. The molecular formula is C12H4Br2N2O6S. The summed E-state index contributed by atoms with van der Waals surface area (Å²) in [5, 5.41) is 22.0. The molecule has 0 radical (unpaired) electrons. The molecule has 118 valence electrons. The summed E-state index contributed by atoms with van der Waals surface area (Å²) in [6, 6.07) is 4.56. The van der Waals surface area contributed by atoms with E-state index >= 15 is 0 Å². The fourth-order valence-electron chi connectivity index (χ4n) is 2.35. The van der Waals surface area contributed by atoms with Crippen LogP contribution in [-0.4, -0.2) is 18.3 Å². The molecule has 8 nitrogen and oxygen atoms in total. The standard InChI is InChI=1S/C12H4Br2N2O6S/c13-7-1-5-6-2-8(14)10(16(19)20)4-12(6)23(21,22)11(5)3-9(7)15(17)18/h1-4H. The first-order chi connectivity index (χ1) is 10.6. The molecule has 1 heterocycles. The summed E-state index contributed by atoms with van der Waals surface area (Å²) >= 11 is 6.08. The van der Waals surface area contributed by atoms with Crippen molar-refractivity contribution in [2.45, 2.75) is 9.79 Å². The molecule has 1 aliphatic heterocycles. The average molecular weight is 464 g/mol. The minimum absolute atomic E-state index is 0.124. The lowest BCUT2D eigenvalue weighted by Crippen LogP contribution is -1.99. The highest BCUT2D eigenvalue weighted by Gasteiger charge is 2.37. The second kappa shape index (κ2) is 5.08. The van der Waals surface area contributed by atoms with E-state index in [2.05, 4.69) is 31.9 Å². The molecule has 0 aromatic heterocycles. The molecule has 0 saturated carbocycles. The predicted molar refractivity (Wildman–Crippen MR) is 86.0 cm³/mol. The number of nitro groups is 2. The first-order valence-electron chi connectivity index (χ1n) is 5.86. The normalized spacial score (nSPS) is 14.2. The van der Waals surface area contributed by atoms with Gasteiger partial charge in [0.2, 0.25) is 9.84 Å². The Morgan fingerprint density at radius 2 is 1.13 bits per heavy atom. The molecule has 0 amide bonds. The molecule has 0 atom stereocenters. The summed E-state index contributed by atoms with van der Waals surface area (Å²) < 4.78 is 25.4. The third kappa shape index (κ3) is 2.26. The molecule has 0 spiro atoms. The second-order valence-corrected chi connectivity index (χ2v) is 8.21. The maximum absolute atomic E-state index is 12.6. The summed E-state index contributed by atoms with van der Waals surface area (Å²) in [6.45, 7) is 0. The first-order valence-corrected chi connectivity index (χ1v) is 8.93. The van der Waals surface area contributed by atoms with Crippen molar-refractivity contribution in [1.29, 1.82) is 0 Å². The van der Waals surface area contributed by atoms with Gasteiger partial charge in [0.25, 0.3) is 11.4 Å². The quantitative estimate of drug-likeness (QED) is 0.420. The van der Waals surface area contributed by atoms with E-state index in [1.165, 1.54) is 12.1 Å². The van der Waals surface area contributed by atoms with Crippen LogP contribution in [0.2, 0.25) is 0 Å². The van der Waals surface area contributed by atoms with Gasteiger partial charge >= 0.3 is 0 Å². The van der Waals surface area contributed by atoms with Crippen molar-refractivity contribution in [3.05, 3.63) is 53.4 Å². The Kier molecular flexibility index (Phi) is 3.54. The minimum Gasteiger partial charge on any atom is -0.258 e. The van der Waals surface area contributed by atoms with Gasteiger partial charge in [0, 0.05) is 23.3 Å².